The molecule has 0 radical (unpaired) electrons. The number of likely N-dealkylation sites (tertiary alicyclic amines) is 1. The first kappa shape index (κ1) is 18.6. The smallest absolute Gasteiger partial charge is 0.415 e. The van der Waals surface area contributed by atoms with Crippen LogP contribution in [-0.2, 0) is 17.7 Å². The molecule has 3 heterocycles. The molecule has 1 aromatic heterocycles. The highest BCUT2D eigenvalue weighted by Gasteiger charge is 2.26. The van der Waals surface area contributed by atoms with Crippen LogP contribution in [0.15, 0.2) is 30.5 Å². The van der Waals surface area contributed by atoms with Crippen LogP contribution in [0, 0.1) is 5.92 Å². The fourth-order valence-corrected chi connectivity index (χ4v) is 4.11. The van der Waals surface area contributed by atoms with E-state index in [1.54, 1.807) is 11.8 Å². The number of nitrogens with zero attached hydrogens (tertiary/aromatic N) is 2. The number of fused-ring (bicyclic) bond motifs is 3. The lowest BCUT2D eigenvalue weighted by atomic mass is 9.98. The summed E-state index contributed by atoms with van der Waals surface area (Å²) < 4.78 is 5.16. The highest BCUT2D eigenvalue weighted by molar-refractivity contribution is 5.99. The van der Waals surface area contributed by atoms with Crippen LogP contribution in [0.5, 0.6) is 0 Å². The third-order valence-corrected chi connectivity index (χ3v) is 5.81. The van der Waals surface area contributed by atoms with E-state index in [2.05, 4.69) is 18.5 Å². The van der Waals surface area contributed by atoms with Crippen LogP contribution in [0.1, 0.15) is 48.3 Å². The Morgan fingerprint density at radius 2 is 1.93 bits per heavy atom. The van der Waals surface area contributed by atoms with Crippen molar-refractivity contribution in [3.63, 3.8) is 0 Å². The monoisotopic (exact) mass is 381 g/mol. The highest BCUT2D eigenvalue weighted by Crippen LogP contribution is 2.30. The number of rotatable bonds is 2. The number of nitrogens with one attached hydrogen (secondary N) is 1. The van der Waals surface area contributed by atoms with Crippen LogP contribution >= 0.6 is 0 Å². The van der Waals surface area contributed by atoms with Gasteiger partial charge in [-0.05, 0) is 43.9 Å². The number of aromatic nitrogens is 1. The van der Waals surface area contributed by atoms with Crippen LogP contribution in [0.2, 0.25) is 0 Å². The molecule has 0 saturated carbocycles. The number of hydrogen-bond acceptors (Lipinski definition) is 3. The molecule has 0 spiro atoms. The first-order valence-electron chi connectivity index (χ1n) is 9.97. The van der Waals surface area contributed by atoms with Gasteiger partial charge in [-0.3, -0.25) is 4.79 Å². The number of benzene rings is 1. The van der Waals surface area contributed by atoms with Crippen molar-refractivity contribution in [1.82, 2.24) is 14.8 Å². The molecular formula is C22H27N3O3. The summed E-state index contributed by atoms with van der Waals surface area (Å²) >= 11 is 0. The number of piperidine rings is 1. The molecule has 28 heavy (non-hydrogen) atoms. The molecule has 2 amide bonds. The number of aromatic amines is 1. The molecule has 6 nitrogen and oxygen atoms in total. The molecule has 0 aliphatic carbocycles. The lowest BCUT2D eigenvalue weighted by Gasteiger charge is -2.30. The summed E-state index contributed by atoms with van der Waals surface area (Å²) in [6.45, 7) is 10.3. The van der Waals surface area contributed by atoms with Gasteiger partial charge in [-0.2, -0.15) is 0 Å². The quantitative estimate of drug-likeness (QED) is 0.798. The van der Waals surface area contributed by atoms with Crippen LogP contribution in [0.3, 0.4) is 0 Å². The van der Waals surface area contributed by atoms with Crippen LogP contribution in [0.25, 0.3) is 10.9 Å². The van der Waals surface area contributed by atoms with Crippen molar-refractivity contribution < 1.29 is 14.3 Å². The van der Waals surface area contributed by atoms with Gasteiger partial charge in [-0.1, -0.05) is 13.5 Å². The number of carbonyl (C=O) groups excluding carboxylic acids is 2. The number of allylic oxidation sites excluding steroid dienone is 1. The molecule has 1 fully saturated rings. The van der Waals surface area contributed by atoms with Gasteiger partial charge in [0.1, 0.15) is 0 Å². The van der Waals surface area contributed by atoms with Crippen LogP contribution in [-0.4, -0.2) is 46.4 Å². The molecular weight excluding hydrogens is 354 g/mol. The van der Waals surface area contributed by atoms with Gasteiger partial charge in [0.15, 0.2) is 0 Å². The second kappa shape index (κ2) is 7.34. The Labute approximate surface area is 165 Å². The molecule has 148 valence electrons. The predicted octanol–water partition coefficient (Wildman–Crippen LogP) is 4.07. The van der Waals surface area contributed by atoms with E-state index in [1.807, 2.05) is 23.1 Å². The van der Waals surface area contributed by atoms with Gasteiger partial charge < -0.3 is 19.5 Å². The van der Waals surface area contributed by atoms with E-state index >= 15 is 0 Å². The van der Waals surface area contributed by atoms with Crippen molar-refractivity contribution >= 4 is 22.9 Å². The molecule has 1 saturated heterocycles. The summed E-state index contributed by atoms with van der Waals surface area (Å²) in [7, 11) is 0. The Kier molecular flexibility index (Phi) is 4.87. The second-order valence-electron chi connectivity index (χ2n) is 8.06. The molecule has 0 atom stereocenters. The first-order chi connectivity index (χ1) is 13.4. The zero-order chi connectivity index (χ0) is 19.8. The molecule has 2 aliphatic heterocycles. The summed E-state index contributed by atoms with van der Waals surface area (Å²) in [5.74, 6) is 1.17. The number of H-pyrrole nitrogens is 1. The number of hydrogen-bond donors (Lipinski definition) is 1. The highest BCUT2D eigenvalue weighted by atomic mass is 16.6. The maximum atomic E-state index is 13.0. The Morgan fingerprint density at radius 1 is 1.18 bits per heavy atom. The molecule has 2 aromatic rings. The summed E-state index contributed by atoms with van der Waals surface area (Å²) in [5.41, 5.74) is 3.92. The number of ether oxygens (including phenoxy) is 1. The lowest BCUT2D eigenvalue weighted by Crippen LogP contribution is -2.37. The van der Waals surface area contributed by atoms with Crippen LogP contribution < -0.4 is 0 Å². The Balaban J connectivity index is 1.59. The standard InChI is InChI=1S/C22H27N3O3/c1-14(2)28-22(27)25-11-8-20-18(13-25)17-12-16(4-5-19(17)23-20)21(26)24-9-6-15(3)7-10-24/h4-5,12,15,23H,1,6-11,13H2,2-3H3. The van der Waals surface area contributed by atoms with Crippen molar-refractivity contribution in [1.29, 1.82) is 0 Å². The SMILES string of the molecule is C=C(C)OC(=O)N1CCc2[nH]c3ccc(C(=O)N4CCC(C)CC4)cc3c2C1. The fourth-order valence-electron chi connectivity index (χ4n) is 4.11. The van der Waals surface area contributed by atoms with Gasteiger partial charge in [0, 0.05) is 53.8 Å². The van der Waals surface area contributed by atoms with Crippen LogP contribution in [0.4, 0.5) is 4.79 Å². The molecule has 4 rings (SSSR count). The molecule has 2 aliphatic rings. The van der Waals surface area contributed by atoms with Crippen molar-refractivity contribution in [2.24, 2.45) is 5.92 Å². The van der Waals surface area contributed by atoms with Crippen molar-refractivity contribution in [2.45, 2.75) is 39.7 Å². The summed E-state index contributed by atoms with van der Waals surface area (Å²) in [4.78, 5) is 32.3. The van der Waals surface area contributed by atoms with E-state index < -0.39 is 0 Å². The van der Waals surface area contributed by atoms with Gasteiger partial charge in [0.05, 0.1) is 12.3 Å². The molecule has 1 N–H and O–H groups in total. The second-order valence-corrected chi connectivity index (χ2v) is 8.06. The maximum Gasteiger partial charge on any atom is 0.415 e. The Bertz CT molecular complexity index is 938. The van der Waals surface area contributed by atoms with E-state index in [-0.39, 0.29) is 12.0 Å². The van der Waals surface area contributed by atoms with Crippen molar-refractivity contribution in [3.8, 4) is 0 Å². The minimum absolute atomic E-state index is 0.0955. The topological polar surface area (TPSA) is 65.6 Å². The third-order valence-electron chi connectivity index (χ3n) is 5.81. The maximum absolute atomic E-state index is 13.0. The molecule has 0 bridgehead atoms. The zero-order valence-electron chi connectivity index (χ0n) is 16.6. The van der Waals surface area contributed by atoms with E-state index in [0.29, 0.717) is 30.3 Å². The largest absolute Gasteiger partial charge is 0.416 e. The Hall–Kier alpha value is -2.76. The van der Waals surface area contributed by atoms with Gasteiger partial charge in [-0.15, -0.1) is 0 Å². The van der Waals surface area contributed by atoms with E-state index in [1.165, 1.54) is 0 Å². The summed E-state index contributed by atoms with van der Waals surface area (Å²) in [6, 6.07) is 5.85. The summed E-state index contributed by atoms with van der Waals surface area (Å²) in [6.07, 6.45) is 2.49. The first-order valence-corrected chi connectivity index (χ1v) is 9.97. The average molecular weight is 381 g/mol. The Morgan fingerprint density at radius 3 is 2.64 bits per heavy atom. The zero-order valence-corrected chi connectivity index (χ0v) is 16.6. The minimum atomic E-state index is -0.373. The van der Waals surface area contributed by atoms with Crippen molar-refractivity contribution in [3.05, 3.63) is 47.4 Å². The predicted molar refractivity (Wildman–Crippen MR) is 108 cm³/mol. The molecule has 1 aromatic carbocycles. The van der Waals surface area contributed by atoms with Gasteiger partial charge in [0.25, 0.3) is 5.91 Å². The van der Waals surface area contributed by atoms with E-state index in [0.717, 1.165) is 54.5 Å². The minimum Gasteiger partial charge on any atom is -0.416 e. The van der Waals surface area contributed by atoms with Gasteiger partial charge >= 0.3 is 6.09 Å². The number of amides is 2. The van der Waals surface area contributed by atoms with Gasteiger partial charge in [-0.25, -0.2) is 4.79 Å². The third kappa shape index (κ3) is 3.51. The molecule has 0 unspecified atom stereocenters. The van der Waals surface area contributed by atoms with Gasteiger partial charge in [0.2, 0.25) is 0 Å². The molecule has 6 heteroatoms. The number of carbonyl (C=O) groups is 2. The normalized spacial score (nSPS) is 17.5. The summed E-state index contributed by atoms with van der Waals surface area (Å²) in [5, 5.41) is 1.01. The fraction of sp³-hybridized carbons (Fsp3) is 0.455. The van der Waals surface area contributed by atoms with E-state index in [4.69, 9.17) is 4.74 Å². The van der Waals surface area contributed by atoms with E-state index in [9.17, 15) is 9.59 Å². The average Bonchev–Trinajstić information content (AvgIpc) is 3.04. The van der Waals surface area contributed by atoms with Crippen molar-refractivity contribution in [2.75, 3.05) is 19.6 Å². The lowest BCUT2D eigenvalue weighted by molar-refractivity contribution is 0.0697.